The molecule has 1 N–H and O–H groups in total. The molecule has 5 nitrogen and oxygen atoms in total. The van der Waals surface area contributed by atoms with Gasteiger partial charge in [-0.05, 0) is 37.5 Å². The second kappa shape index (κ2) is 14.8. The largest absolute Gasteiger partial charge is 0.379 e. The van der Waals surface area contributed by atoms with Gasteiger partial charge in [-0.3, -0.25) is 4.90 Å². The van der Waals surface area contributed by atoms with E-state index in [0.29, 0.717) is 19.3 Å². The molecule has 1 aromatic rings. The van der Waals surface area contributed by atoms with Crippen LogP contribution in [0.5, 0.6) is 0 Å². The van der Waals surface area contributed by atoms with Crippen LogP contribution < -0.4 is 10.2 Å². The van der Waals surface area contributed by atoms with Gasteiger partial charge < -0.3 is 19.7 Å². The van der Waals surface area contributed by atoms with E-state index in [2.05, 4.69) is 60.2 Å². The van der Waals surface area contributed by atoms with Crippen molar-refractivity contribution in [3.05, 3.63) is 29.8 Å². The third-order valence-corrected chi connectivity index (χ3v) is 5.71. The third-order valence-electron chi connectivity index (χ3n) is 5.71. The number of nitrogens with zero attached hydrogens (tertiary/aromatic N) is 2. The Balaban J connectivity index is 1.56. The van der Waals surface area contributed by atoms with E-state index in [1.54, 1.807) is 0 Å². The molecule has 1 heterocycles. The Morgan fingerprint density at radius 3 is 2.24 bits per heavy atom. The number of unbranched alkanes of at least 4 members (excludes halogenated alkanes) is 1. The second-order valence-corrected chi connectivity index (χ2v) is 8.08. The van der Waals surface area contributed by atoms with E-state index >= 15 is 0 Å². The number of ether oxygens (including phenoxy) is 2. The number of piperazine rings is 1. The lowest BCUT2D eigenvalue weighted by molar-refractivity contribution is 0.0477. The molecule has 0 amide bonds. The topological polar surface area (TPSA) is 37.0 Å². The first-order chi connectivity index (χ1) is 14.2. The average molecular weight is 406 g/mol. The van der Waals surface area contributed by atoms with Crippen molar-refractivity contribution in [2.45, 2.75) is 59.0 Å². The van der Waals surface area contributed by atoms with Crippen molar-refractivity contribution >= 4 is 5.69 Å². The maximum Gasteiger partial charge on any atom is 0.0701 e. The Labute approximate surface area is 178 Å². The molecule has 2 rings (SSSR count). The Bertz CT molecular complexity index is 515. The zero-order chi connectivity index (χ0) is 20.7. The van der Waals surface area contributed by atoms with Gasteiger partial charge in [-0.1, -0.05) is 38.8 Å². The quantitative estimate of drug-likeness (QED) is 0.448. The van der Waals surface area contributed by atoms with Gasteiger partial charge in [0, 0.05) is 57.6 Å². The minimum absolute atomic E-state index is 0.685. The monoisotopic (exact) mass is 405 g/mol. The van der Waals surface area contributed by atoms with E-state index in [4.69, 9.17) is 9.47 Å². The number of benzene rings is 1. The van der Waals surface area contributed by atoms with Gasteiger partial charge in [0.05, 0.1) is 19.8 Å². The highest BCUT2D eigenvalue weighted by Crippen LogP contribution is 2.19. The summed E-state index contributed by atoms with van der Waals surface area (Å²) in [6, 6.07) is 9.75. The van der Waals surface area contributed by atoms with Gasteiger partial charge in [-0.2, -0.15) is 0 Å². The van der Waals surface area contributed by atoms with Crippen molar-refractivity contribution in [1.82, 2.24) is 10.2 Å². The van der Waals surface area contributed by atoms with Crippen molar-refractivity contribution in [3.8, 4) is 0 Å². The van der Waals surface area contributed by atoms with Gasteiger partial charge in [-0.25, -0.2) is 0 Å². The van der Waals surface area contributed by atoms with Crippen LogP contribution in [-0.4, -0.2) is 70.1 Å². The van der Waals surface area contributed by atoms with E-state index in [9.17, 15) is 0 Å². The first-order valence-corrected chi connectivity index (χ1v) is 11.7. The molecule has 5 heteroatoms. The highest BCUT2D eigenvalue weighted by molar-refractivity contribution is 5.48. The van der Waals surface area contributed by atoms with Crippen molar-refractivity contribution in [2.24, 2.45) is 0 Å². The number of rotatable bonds is 15. The van der Waals surface area contributed by atoms with E-state index in [-0.39, 0.29) is 0 Å². The average Bonchev–Trinajstić information content (AvgIpc) is 2.76. The molecule has 1 saturated heterocycles. The fraction of sp³-hybridized carbons (Fsp3) is 0.750. The molecule has 1 atom stereocenters. The highest BCUT2D eigenvalue weighted by Gasteiger charge is 2.20. The van der Waals surface area contributed by atoms with Crippen LogP contribution in [0.2, 0.25) is 0 Å². The standard InChI is InChI=1S/C24H43N3O2/c1-4-6-17-28-19-20-29-18-12-25-21-23-8-10-24(11-9-23)27-15-13-26(14-16-27)22(3)7-5-2/h8-11,22,25H,4-7,12-21H2,1-3H3. The molecule has 0 bridgehead atoms. The summed E-state index contributed by atoms with van der Waals surface area (Å²) >= 11 is 0. The smallest absolute Gasteiger partial charge is 0.0701 e. The van der Waals surface area contributed by atoms with Crippen molar-refractivity contribution in [2.75, 3.05) is 64.1 Å². The molecular weight excluding hydrogens is 362 g/mol. The predicted octanol–water partition coefficient (Wildman–Crippen LogP) is 3.92. The molecule has 1 fully saturated rings. The summed E-state index contributed by atoms with van der Waals surface area (Å²) in [6.45, 7) is 16.2. The molecule has 0 radical (unpaired) electrons. The fourth-order valence-corrected chi connectivity index (χ4v) is 3.79. The minimum Gasteiger partial charge on any atom is -0.379 e. The van der Waals surface area contributed by atoms with Gasteiger partial charge in [0.15, 0.2) is 0 Å². The molecule has 0 aromatic heterocycles. The van der Waals surface area contributed by atoms with Crippen LogP contribution in [0, 0.1) is 0 Å². The fourth-order valence-electron chi connectivity index (χ4n) is 3.79. The molecule has 1 aliphatic heterocycles. The summed E-state index contributed by atoms with van der Waals surface area (Å²) < 4.78 is 11.1. The second-order valence-electron chi connectivity index (χ2n) is 8.08. The maximum atomic E-state index is 5.59. The summed E-state index contributed by atoms with van der Waals surface area (Å²) in [6.07, 6.45) is 4.89. The molecule has 29 heavy (non-hydrogen) atoms. The van der Waals surface area contributed by atoms with Gasteiger partial charge in [0.1, 0.15) is 0 Å². The summed E-state index contributed by atoms with van der Waals surface area (Å²) in [7, 11) is 0. The summed E-state index contributed by atoms with van der Waals surface area (Å²) in [4.78, 5) is 5.15. The van der Waals surface area contributed by atoms with Crippen LogP contribution in [0.15, 0.2) is 24.3 Å². The van der Waals surface area contributed by atoms with Crippen molar-refractivity contribution < 1.29 is 9.47 Å². The lowest BCUT2D eigenvalue weighted by Crippen LogP contribution is -2.49. The zero-order valence-electron chi connectivity index (χ0n) is 19.0. The summed E-state index contributed by atoms with van der Waals surface area (Å²) in [5.41, 5.74) is 2.68. The van der Waals surface area contributed by atoms with Gasteiger partial charge in [-0.15, -0.1) is 0 Å². The number of nitrogens with one attached hydrogen (secondary N) is 1. The highest BCUT2D eigenvalue weighted by atomic mass is 16.5. The molecule has 1 aromatic carbocycles. The van der Waals surface area contributed by atoms with Crippen LogP contribution in [0.4, 0.5) is 5.69 Å². The molecule has 0 aliphatic carbocycles. The van der Waals surface area contributed by atoms with Crippen LogP contribution >= 0.6 is 0 Å². The van der Waals surface area contributed by atoms with Crippen LogP contribution in [0.1, 0.15) is 52.0 Å². The van der Waals surface area contributed by atoms with Crippen LogP contribution in [0.25, 0.3) is 0 Å². The Hall–Kier alpha value is -1.14. The molecule has 1 aliphatic rings. The SMILES string of the molecule is CCCCOCCOCCNCc1ccc(N2CCN(C(C)CCC)CC2)cc1. The third kappa shape index (κ3) is 9.47. The first kappa shape index (κ1) is 24.1. The Kier molecular flexibility index (Phi) is 12.3. The molecular formula is C24H43N3O2. The van der Waals surface area contributed by atoms with Crippen molar-refractivity contribution in [3.63, 3.8) is 0 Å². The summed E-state index contributed by atoms with van der Waals surface area (Å²) in [5, 5.41) is 3.46. The van der Waals surface area contributed by atoms with Crippen LogP contribution in [-0.2, 0) is 16.0 Å². The number of hydrogen-bond acceptors (Lipinski definition) is 5. The van der Waals surface area contributed by atoms with Gasteiger partial charge in [0.2, 0.25) is 0 Å². The lowest BCUT2D eigenvalue weighted by atomic mass is 10.1. The van der Waals surface area contributed by atoms with Gasteiger partial charge >= 0.3 is 0 Å². The van der Waals surface area contributed by atoms with Gasteiger partial charge in [0.25, 0.3) is 0 Å². The van der Waals surface area contributed by atoms with E-state index in [1.807, 2.05) is 0 Å². The number of hydrogen-bond donors (Lipinski definition) is 1. The zero-order valence-corrected chi connectivity index (χ0v) is 19.0. The first-order valence-electron chi connectivity index (χ1n) is 11.7. The molecule has 0 saturated carbocycles. The maximum absolute atomic E-state index is 5.59. The Morgan fingerprint density at radius 2 is 1.59 bits per heavy atom. The lowest BCUT2D eigenvalue weighted by Gasteiger charge is -2.39. The minimum atomic E-state index is 0.685. The predicted molar refractivity (Wildman–Crippen MR) is 123 cm³/mol. The molecule has 166 valence electrons. The molecule has 1 unspecified atom stereocenters. The Morgan fingerprint density at radius 1 is 0.897 bits per heavy atom. The normalized spacial score (nSPS) is 16.3. The van der Waals surface area contributed by atoms with E-state index in [0.717, 1.165) is 45.8 Å². The van der Waals surface area contributed by atoms with E-state index < -0.39 is 0 Å². The van der Waals surface area contributed by atoms with E-state index in [1.165, 1.54) is 43.6 Å². The number of anilines is 1. The van der Waals surface area contributed by atoms with Crippen molar-refractivity contribution in [1.29, 1.82) is 0 Å². The van der Waals surface area contributed by atoms with Crippen LogP contribution in [0.3, 0.4) is 0 Å². The molecule has 0 spiro atoms. The summed E-state index contributed by atoms with van der Waals surface area (Å²) in [5.74, 6) is 0.